The van der Waals surface area contributed by atoms with E-state index in [1.807, 2.05) is 12.1 Å². The standard InChI is InChI=1S/C30H39N3O6S/c1-5-32-12-9-10-20-14-23-27(16-25(20)32)39-28-17-26-22(15-24(28)31-23)21(19-40(35,36)37)18-30(3,4)33(26)13-8-7-11-29(34)38-6-2/h14-17,21H,5-13,18-19H2,1-4H3/p+1. The second-order valence-electron chi connectivity index (χ2n) is 11.6. The number of hydrogen-bond acceptors (Lipinski definition) is 7. The van der Waals surface area contributed by atoms with Crippen molar-refractivity contribution in [3.63, 3.8) is 0 Å². The lowest BCUT2D eigenvalue weighted by Crippen LogP contribution is -2.50. The van der Waals surface area contributed by atoms with Crippen LogP contribution < -0.4 is 24.9 Å². The molecule has 1 unspecified atom stereocenters. The van der Waals surface area contributed by atoms with Gasteiger partial charge in [0.05, 0.1) is 18.4 Å². The molecule has 3 heterocycles. The zero-order valence-electron chi connectivity index (χ0n) is 23.9. The van der Waals surface area contributed by atoms with Crippen LogP contribution in [-0.2, 0) is 26.1 Å². The molecular weight excluding hydrogens is 530 g/mol. The number of carbonyl (C=O) groups is 1. The molecule has 1 atom stereocenters. The van der Waals surface area contributed by atoms with E-state index in [1.165, 1.54) is 10.9 Å². The highest BCUT2D eigenvalue weighted by atomic mass is 32.2. The van der Waals surface area contributed by atoms with E-state index in [0.717, 1.165) is 54.7 Å². The molecule has 9 nitrogen and oxygen atoms in total. The molecule has 0 amide bonds. The van der Waals surface area contributed by atoms with E-state index in [-0.39, 0.29) is 23.2 Å². The fraction of sp³-hybridized carbons (Fsp3) is 0.567. The van der Waals surface area contributed by atoms with Crippen LogP contribution in [0.2, 0.25) is 0 Å². The SMILES string of the molecule is CCOC(=O)CCCCN1c2cc3c(cc2C(CS(=O)(=O)O)CC1(C)C)N=c1cc2c(cc1O3)=[N+](CC)CCC2. The number of anilines is 1. The maximum Gasteiger partial charge on any atom is 0.305 e. The number of unbranched alkanes of at least 4 members (excludes halogenated alkanes) is 1. The first-order valence-electron chi connectivity index (χ1n) is 14.4. The van der Waals surface area contributed by atoms with Gasteiger partial charge in [-0.1, -0.05) is 0 Å². The van der Waals surface area contributed by atoms with Crippen molar-refractivity contribution in [2.45, 2.75) is 77.7 Å². The number of esters is 1. The fourth-order valence-corrected chi connectivity index (χ4v) is 7.28. The Morgan fingerprint density at radius 2 is 2.00 bits per heavy atom. The summed E-state index contributed by atoms with van der Waals surface area (Å²) in [6.07, 6.45) is 4.49. The molecule has 0 bridgehead atoms. The molecule has 3 aliphatic heterocycles. The molecule has 0 saturated carbocycles. The molecule has 0 saturated heterocycles. The van der Waals surface area contributed by atoms with Gasteiger partial charge in [-0.2, -0.15) is 8.42 Å². The minimum Gasteiger partial charge on any atom is -0.466 e. The molecule has 10 heteroatoms. The minimum atomic E-state index is -4.19. The quantitative estimate of drug-likeness (QED) is 0.180. The molecule has 0 aromatic heterocycles. The van der Waals surface area contributed by atoms with Gasteiger partial charge in [-0.05, 0) is 71.1 Å². The van der Waals surface area contributed by atoms with Crippen molar-refractivity contribution in [1.82, 2.24) is 4.58 Å². The fourth-order valence-electron chi connectivity index (χ4n) is 6.47. The number of rotatable bonds is 9. The third kappa shape index (κ3) is 5.88. The van der Waals surface area contributed by atoms with Crippen molar-refractivity contribution in [2.24, 2.45) is 4.99 Å². The van der Waals surface area contributed by atoms with Gasteiger partial charge in [-0.3, -0.25) is 9.35 Å². The van der Waals surface area contributed by atoms with Crippen molar-refractivity contribution in [3.05, 3.63) is 46.1 Å². The zero-order valence-corrected chi connectivity index (χ0v) is 24.7. The van der Waals surface area contributed by atoms with E-state index in [0.29, 0.717) is 43.9 Å². The van der Waals surface area contributed by atoms with Crippen LogP contribution in [0.1, 0.15) is 76.8 Å². The highest BCUT2D eigenvalue weighted by Gasteiger charge is 2.40. The summed E-state index contributed by atoms with van der Waals surface area (Å²) in [5.41, 5.74) is 3.26. The molecular formula is C30H40N3O6S+. The Hall–Kier alpha value is -2.98. The summed E-state index contributed by atoms with van der Waals surface area (Å²) in [7, 11) is -4.19. The smallest absolute Gasteiger partial charge is 0.305 e. The van der Waals surface area contributed by atoms with Gasteiger partial charge in [0.2, 0.25) is 5.36 Å². The Balaban J connectivity index is 1.54. The second-order valence-corrected chi connectivity index (χ2v) is 13.1. The molecule has 0 spiro atoms. The van der Waals surface area contributed by atoms with Crippen molar-refractivity contribution in [2.75, 3.05) is 36.9 Å². The van der Waals surface area contributed by atoms with Crippen molar-refractivity contribution >= 4 is 27.5 Å². The van der Waals surface area contributed by atoms with Gasteiger partial charge in [0, 0.05) is 48.2 Å². The van der Waals surface area contributed by atoms with E-state index in [1.54, 1.807) is 6.92 Å². The zero-order chi connectivity index (χ0) is 28.7. The third-order valence-electron chi connectivity index (χ3n) is 8.26. The van der Waals surface area contributed by atoms with Crippen LogP contribution >= 0.6 is 0 Å². The van der Waals surface area contributed by atoms with Crippen LogP contribution in [0.4, 0.5) is 11.4 Å². The Labute approximate surface area is 236 Å². The molecule has 0 radical (unpaired) electrons. The summed E-state index contributed by atoms with van der Waals surface area (Å²) in [6, 6.07) is 8.11. The van der Waals surface area contributed by atoms with Crippen LogP contribution in [0.25, 0.3) is 0 Å². The molecule has 216 valence electrons. The first kappa shape index (κ1) is 28.5. The number of benzene rings is 2. The maximum atomic E-state index is 12.0. The van der Waals surface area contributed by atoms with Gasteiger partial charge in [-0.25, -0.2) is 9.57 Å². The number of aryl methyl sites for hydroxylation is 1. The highest BCUT2D eigenvalue weighted by molar-refractivity contribution is 7.85. The van der Waals surface area contributed by atoms with Gasteiger partial charge in [0.15, 0.2) is 11.5 Å². The molecule has 3 aliphatic rings. The lowest BCUT2D eigenvalue weighted by molar-refractivity contribution is -0.143. The Bertz CT molecular complexity index is 1550. The van der Waals surface area contributed by atoms with E-state index in [2.05, 4.69) is 42.4 Å². The topological polar surface area (TPSA) is 109 Å². The molecule has 2 aromatic rings. The predicted molar refractivity (Wildman–Crippen MR) is 154 cm³/mol. The number of carbonyl (C=O) groups excluding carboxylic acids is 1. The Morgan fingerprint density at radius 3 is 2.73 bits per heavy atom. The number of hydrogen-bond donors (Lipinski definition) is 1. The Kier molecular flexibility index (Phi) is 7.94. The molecule has 2 aromatic carbocycles. The summed E-state index contributed by atoms with van der Waals surface area (Å²) in [5.74, 6) is 0.415. The molecule has 5 rings (SSSR count). The lowest BCUT2D eigenvalue weighted by atomic mass is 9.79. The summed E-state index contributed by atoms with van der Waals surface area (Å²) in [5, 5.41) is 1.98. The third-order valence-corrected chi connectivity index (χ3v) is 9.09. The molecule has 0 aliphatic carbocycles. The molecule has 40 heavy (non-hydrogen) atoms. The maximum absolute atomic E-state index is 12.0. The van der Waals surface area contributed by atoms with Crippen LogP contribution in [0.5, 0.6) is 11.5 Å². The summed E-state index contributed by atoms with van der Waals surface area (Å²) in [4.78, 5) is 19.1. The second kappa shape index (κ2) is 11.1. The largest absolute Gasteiger partial charge is 0.466 e. The first-order chi connectivity index (χ1) is 19.0. The highest BCUT2D eigenvalue weighted by Crippen LogP contribution is 2.49. The van der Waals surface area contributed by atoms with Crippen molar-refractivity contribution < 1.29 is 27.2 Å². The summed E-state index contributed by atoms with van der Waals surface area (Å²) >= 11 is 0. The van der Waals surface area contributed by atoms with Crippen molar-refractivity contribution in [1.29, 1.82) is 0 Å². The van der Waals surface area contributed by atoms with Crippen molar-refractivity contribution in [3.8, 4) is 11.5 Å². The van der Waals surface area contributed by atoms with E-state index in [9.17, 15) is 17.8 Å². The van der Waals surface area contributed by atoms with Gasteiger partial charge in [0.25, 0.3) is 10.1 Å². The van der Waals surface area contributed by atoms with E-state index >= 15 is 0 Å². The first-order valence-corrected chi connectivity index (χ1v) is 16.0. The number of ether oxygens (including phenoxy) is 2. The normalized spacial score (nSPS) is 19.0. The average molecular weight is 571 g/mol. The van der Waals surface area contributed by atoms with Gasteiger partial charge < -0.3 is 14.4 Å². The van der Waals surface area contributed by atoms with Gasteiger partial charge in [-0.15, -0.1) is 0 Å². The van der Waals surface area contributed by atoms with Crippen LogP contribution in [-0.4, -0.2) is 56.5 Å². The summed E-state index contributed by atoms with van der Waals surface area (Å²) < 4.78 is 47.7. The van der Waals surface area contributed by atoms with Crippen LogP contribution in [0.3, 0.4) is 0 Å². The van der Waals surface area contributed by atoms with E-state index in [4.69, 9.17) is 14.5 Å². The predicted octanol–water partition coefficient (Wildman–Crippen LogP) is 3.89. The Morgan fingerprint density at radius 1 is 1.20 bits per heavy atom. The van der Waals surface area contributed by atoms with Gasteiger partial charge in [0.1, 0.15) is 24.1 Å². The minimum absolute atomic E-state index is 0.194. The molecule has 1 N–H and O–H groups in total. The summed E-state index contributed by atoms with van der Waals surface area (Å²) in [6.45, 7) is 11.2. The lowest BCUT2D eigenvalue weighted by Gasteiger charge is -2.48. The van der Waals surface area contributed by atoms with Crippen LogP contribution in [0.15, 0.2) is 29.3 Å². The van der Waals surface area contributed by atoms with Gasteiger partial charge >= 0.3 is 5.97 Å². The monoisotopic (exact) mass is 570 g/mol. The molecule has 0 fully saturated rings. The number of fused-ring (bicyclic) bond motifs is 4. The number of nitrogens with zero attached hydrogens (tertiary/aromatic N) is 3. The average Bonchev–Trinajstić information content (AvgIpc) is 2.88. The van der Waals surface area contributed by atoms with Crippen LogP contribution in [0, 0.1) is 0 Å². The van der Waals surface area contributed by atoms with E-state index < -0.39 is 10.1 Å².